The second-order valence-electron chi connectivity index (χ2n) is 4.38. The average Bonchev–Trinajstić information content (AvgIpc) is 2.70. The summed E-state index contributed by atoms with van der Waals surface area (Å²) < 4.78 is 0. The van der Waals surface area contributed by atoms with Crippen molar-refractivity contribution in [2.24, 2.45) is 5.92 Å². The van der Waals surface area contributed by atoms with Crippen LogP contribution in [0.5, 0.6) is 0 Å². The van der Waals surface area contributed by atoms with Crippen molar-refractivity contribution in [3.63, 3.8) is 0 Å². The third-order valence-corrected chi connectivity index (χ3v) is 3.12. The minimum Gasteiger partial charge on any atom is -0.309 e. The van der Waals surface area contributed by atoms with Crippen LogP contribution >= 0.6 is 0 Å². The Labute approximate surface area is 90.9 Å². The summed E-state index contributed by atoms with van der Waals surface area (Å²) >= 11 is 0. The number of hydrogen-bond acceptors (Lipinski definition) is 2. The summed E-state index contributed by atoms with van der Waals surface area (Å²) in [7, 11) is 0. The quantitative estimate of drug-likeness (QED) is 0.756. The lowest BCUT2D eigenvalue weighted by molar-refractivity contribution is 0.634. The second kappa shape index (κ2) is 4.04. The van der Waals surface area contributed by atoms with Crippen LogP contribution in [0.2, 0.25) is 0 Å². The number of nitrogens with one attached hydrogen (secondary N) is 1. The Kier molecular flexibility index (Phi) is 2.75. The predicted octanol–water partition coefficient (Wildman–Crippen LogP) is 2.48. The van der Waals surface area contributed by atoms with E-state index in [4.69, 9.17) is 5.26 Å². The molecule has 1 saturated heterocycles. The van der Waals surface area contributed by atoms with Crippen LogP contribution < -0.4 is 5.32 Å². The molecule has 15 heavy (non-hydrogen) atoms. The van der Waals surface area contributed by atoms with Gasteiger partial charge in [0, 0.05) is 12.6 Å². The highest BCUT2D eigenvalue weighted by Gasteiger charge is 2.25. The molecule has 0 bridgehead atoms. The van der Waals surface area contributed by atoms with Crippen molar-refractivity contribution >= 4 is 0 Å². The topological polar surface area (TPSA) is 35.8 Å². The average molecular weight is 200 g/mol. The Hall–Kier alpha value is -1.33. The van der Waals surface area contributed by atoms with Gasteiger partial charge in [-0.1, -0.05) is 23.8 Å². The summed E-state index contributed by atoms with van der Waals surface area (Å²) in [5.41, 5.74) is 3.96. The zero-order valence-electron chi connectivity index (χ0n) is 9.25. The number of nitriles is 1. The van der Waals surface area contributed by atoms with Crippen molar-refractivity contribution in [2.75, 3.05) is 6.54 Å². The molecule has 78 valence electrons. The molecular weight excluding hydrogens is 184 g/mol. The minimum atomic E-state index is 0.176. The van der Waals surface area contributed by atoms with Crippen molar-refractivity contribution in [3.8, 4) is 6.07 Å². The summed E-state index contributed by atoms with van der Waals surface area (Å²) in [4.78, 5) is 0. The van der Waals surface area contributed by atoms with Gasteiger partial charge in [0.15, 0.2) is 0 Å². The van der Waals surface area contributed by atoms with Crippen molar-refractivity contribution in [3.05, 3.63) is 34.9 Å². The van der Waals surface area contributed by atoms with Gasteiger partial charge in [-0.15, -0.1) is 0 Å². The van der Waals surface area contributed by atoms with Crippen LogP contribution in [0, 0.1) is 31.1 Å². The monoisotopic (exact) mass is 200 g/mol. The third-order valence-electron chi connectivity index (χ3n) is 3.12. The normalized spacial score (nSPS) is 25.1. The Balaban J connectivity index is 2.24. The summed E-state index contributed by atoms with van der Waals surface area (Å²) in [6, 6.07) is 9.23. The van der Waals surface area contributed by atoms with Crippen LogP contribution in [0.25, 0.3) is 0 Å². The molecule has 0 saturated carbocycles. The van der Waals surface area contributed by atoms with Crippen molar-refractivity contribution in [2.45, 2.75) is 26.3 Å². The predicted molar refractivity (Wildman–Crippen MR) is 60.4 cm³/mol. The van der Waals surface area contributed by atoms with E-state index in [0.717, 1.165) is 13.0 Å². The molecule has 0 aromatic heterocycles. The van der Waals surface area contributed by atoms with Gasteiger partial charge in [0.25, 0.3) is 0 Å². The molecular formula is C13H16N2. The SMILES string of the molecule is Cc1ccc(C)c(C2CC(C#N)CN2)c1. The fourth-order valence-electron chi connectivity index (χ4n) is 2.21. The Morgan fingerprint density at radius 2 is 2.20 bits per heavy atom. The summed E-state index contributed by atoms with van der Waals surface area (Å²) in [6.45, 7) is 5.07. The van der Waals surface area contributed by atoms with Gasteiger partial charge in [0.2, 0.25) is 0 Å². The smallest absolute Gasteiger partial charge is 0.0669 e. The highest BCUT2D eigenvalue weighted by molar-refractivity contribution is 5.33. The maximum Gasteiger partial charge on any atom is 0.0669 e. The Morgan fingerprint density at radius 3 is 2.87 bits per heavy atom. The maximum atomic E-state index is 8.86. The lowest BCUT2D eigenvalue weighted by Gasteiger charge is -2.14. The molecule has 1 aromatic rings. The first-order valence-electron chi connectivity index (χ1n) is 5.41. The summed E-state index contributed by atoms with van der Waals surface area (Å²) in [6.07, 6.45) is 0.945. The third kappa shape index (κ3) is 2.03. The number of nitrogens with zero attached hydrogens (tertiary/aromatic N) is 1. The van der Waals surface area contributed by atoms with E-state index in [1.807, 2.05) is 0 Å². The van der Waals surface area contributed by atoms with E-state index in [9.17, 15) is 0 Å². The molecule has 1 N–H and O–H groups in total. The van der Waals surface area contributed by atoms with Crippen LogP contribution in [-0.4, -0.2) is 6.54 Å². The molecule has 0 amide bonds. The van der Waals surface area contributed by atoms with Gasteiger partial charge in [0.05, 0.1) is 12.0 Å². The number of rotatable bonds is 1. The van der Waals surface area contributed by atoms with Gasteiger partial charge >= 0.3 is 0 Å². The van der Waals surface area contributed by atoms with Crippen LogP contribution in [0.1, 0.15) is 29.2 Å². The maximum absolute atomic E-state index is 8.86. The van der Waals surface area contributed by atoms with Crippen LogP contribution in [0.3, 0.4) is 0 Å². The largest absolute Gasteiger partial charge is 0.309 e. The Bertz CT molecular complexity index is 403. The molecule has 2 rings (SSSR count). The van der Waals surface area contributed by atoms with Gasteiger partial charge in [-0.3, -0.25) is 0 Å². The summed E-state index contributed by atoms with van der Waals surface area (Å²) in [5.74, 6) is 0.176. The van der Waals surface area contributed by atoms with E-state index in [-0.39, 0.29) is 5.92 Å². The molecule has 2 atom stereocenters. The number of hydrogen-bond donors (Lipinski definition) is 1. The second-order valence-corrected chi connectivity index (χ2v) is 4.38. The van der Waals surface area contributed by atoms with Crippen LogP contribution in [0.4, 0.5) is 0 Å². The molecule has 1 aliphatic heterocycles. The van der Waals surface area contributed by atoms with E-state index in [1.54, 1.807) is 0 Å². The molecule has 1 aliphatic rings. The standard InChI is InChI=1S/C13H16N2/c1-9-3-4-10(2)12(5-9)13-6-11(7-14)8-15-13/h3-5,11,13,15H,6,8H2,1-2H3. The number of aryl methyl sites for hydroxylation is 2. The molecule has 1 heterocycles. The molecule has 2 heteroatoms. The molecule has 2 unspecified atom stereocenters. The Morgan fingerprint density at radius 1 is 1.40 bits per heavy atom. The van der Waals surface area contributed by atoms with E-state index < -0.39 is 0 Å². The van der Waals surface area contributed by atoms with Gasteiger partial charge in [-0.25, -0.2) is 0 Å². The van der Waals surface area contributed by atoms with Crippen LogP contribution in [0.15, 0.2) is 18.2 Å². The first-order valence-corrected chi connectivity index (χ1v) is 5.41. The van der Waals surface area contributed by atoms with Crippen LogP contribution in [-0.2, 0) is 0 Å². The molecule has 0 aliphatic carbocycles. The van der Waals surface area contributed by atoms with Gasteiger partial charge in [-0.2, -0.15) is 5.26 Å². The lowest BCUT2D eigenvalue weighted by atomic mass is 9.96. The minimum absolute atomic E-state index is 0.176. The highest BCUT2D eigenvalue weighted by atomic mass is 14.9. The molecule has 0 radical (unpaired) electrons. The van der Waals surface area contributed by atoms with Crippen molar-refractivity contribution < 1.29 is 0 Å². The van der Waals surface area contributed by atoms with Gasteiger partial charge in [-0.05, 0) is 31.4 Å². The highest BCUT2D eigenvalue weighted by Crippen LogP contribution is 2.29. The van der Waals surface area contributed by atoms with E-state index >= 15 is 0 Å². The lowest BCUT2D eigenvalue weighted by Crippen LogP contribution is -2.14. The van der Waals surface area contributed by atoms with E-state index in [2.05, 4.69) is 43.4 Å². The van der Waals surface area contributed by atoms with E-state index in [0.29, 0.717) is 6.04 Å². The summed E-state index contributed by atoms with van der Waals surface area (Å²) in [5, 5.41) is 12.3. The first-order chi connectivity index (χ1) is 7.20. The van der Waals surface area contributed by atoms with Gasteiger partial charge in [0.1, 0.15) is 0 Å². The molecule has 0 spiro atoms. The first kappa shape index (κ1) is 10.2. The van der Waals surface area contributed by atoms with Crippen molar-refractivity contribution in [1.29, 1.82) is 5.26 Å². The van der Waals surface area contributed by atoms with E-state index in [1.165, 1.54) is 16.7 Å². The number of benzene rings is 1. The molecule has 1 fully saturated rings. The molecule has 1 aromatic carbocycles. The molecule has 2 nitrogen and oxygen atoms in total. The fourth-order valence-corrected chi connectivity index (χ4v) is 2.21. The van der Waals surface area contributed by atoms with Crippen molar-refractivity contribution in [1.82, 2.24) is 5.32 Å². The zero-order valence-corrected chi connectivity index (χ0v) is 9.25. The fraction of sp³-hybridized carbons (Fsp3) is 0.462. The zero-order chi connectivity index (χ0) is 10.8. The van der Waals surface area contributed by atoms with Gasteiger partial charge < -0.3 is 5.32 Å².